The van der Waals surface area contributed by atoms with E-state index in [-0.39, 0.29) is 0 Å². The van der Waals surface area contributed by atoms with Gasteiger partial charge in [-0.05, 0) is 0 Å². The lowest BCUT2D eigenvalue weighted by Gasteiger charge is -2.26. The topological polar surface area (TPSA) is 28.0 Å². The van der Waals surface area contributed by atoms with Crippen LogP contribution >= 0.6 is 0 Å². The minimum absolute atomic E-state index is 0.920. The van der Waals surface area contributed by atoms with Gasteiger partial charge in [0.2, 0.25) is 0 Å². The maximum absolute atomic E-state index is 4.20. The molecule has 0 fully saturated rings. The Hall–Kier alpha value is -1.12. The Morgan fingerprint density at radius 1 is 1.40 bits per heavy atom. The minimum Gasteiger partial charge on any atom is -0.350 e. The fourth-order valence-electron chi connectivity index (χ4n) is 1.13. The first kappa shape index (κ1) is 5.65. The zero-order valence-corrected chi connectivity index (χ0v) is 5.70. The molecule has 0 saturated heterocycles. The van der Waals surface area contributed by atoms with E-state index in [1.807, 2.05) is 12.4 Å². The van der Waals surface area contributed by atoms with Crippen molar-refractivity contribution in [2.24, 2.45) is 9.98 Å². The summed E-state index contributed by atoms with van der Waals surface area (Å²) < 4.78 is 0. The van der Waals surface area contributed by atoms with Gasteiger partial charge in [0.1, 0.15) is 5.82 Å². The van der Waals surface area contributed by atoms with Gasteiger partial charge in [-0.1, -0.05) is 0 Å². The van der Waals surface area contributed by atoms with Crippen LogP contribution in [0.15, 0.2) is 22.0 Å². The second kappa shape index (κ2) is 2.25. The van der Waals surface area contributed by atoms with Crippen LogP contribution in [0.4, 0.5) is 0 Å². The van der Waals surface area contributed by atoms with E-state index in [2.05, 4.69) is 14.9 Å². The van der Waals surface area contributed by atoms with E-state index in [9.17, 15) is 0 Å². The molecule has 52 valence electrons. The van der Waals surface area contributed by atoms with Crippen LogP contribution in [0.2, 0.25) is 0 Å². The summed E-state index contributed by atoms with van der Waals surface area (Å²) >= 11 is 0. The zero-order chi connectivity index (χ0) is 6.81. The van der Waals surface area contributed by atoms with Gasteiger partial charge >= 0.3 is 0 Å². The van der Waals surface area contributed by atoms with Crippen molar-refractivity contribution >= 4 is 12.4 Å². The summed E-state index contributed by atoms with van der Waals surface area (Å²) in [7, 11) is 0. The maximum Gasteiger partial charge on any atom is 0.146 e. The highest BCUT2D eigenvalue weighted by atomic mass is 15.2. The second-order valence-electron chi connectivity index (χ2n) is 2.37. The van der Waals surface area contributed by atoms with Crippen LogP contribution in [0.25, 0.3) is 0 Å². The molecule has 0 atom stereocenters. The van der Waals surface area contributed by atoms with E-state index in [0.717, 1.165) is 25.3 Å². The first-order valence-electron chi connectivity index (χ1n) is 3.46. The molecule has 0 N–H and O–H groups in total. The molecule has 0 radical (unpaired) electrons. The van der Waals surface area contributed by atoms with Crippen molar-refractivity contribution in [1.29, 1.82) is 0 Å². The standard InChI is InChI=1S/C7H9N3/c1-2-9-7-6-8-3-5-10(7)4-1/h2-3,6H,1,4-5H2. The SMILES string of the molecule is C1=NC=C2N=CCCN2C1. The third-order valence-electron chi connectivity index (χ3n) is 1.67. The van der Waals surface area contributed by atoms with Gasteiger partial charge in [-0.3, -0.25) is 4.99 Å². The number of aliphatic imine (C=N–C) groups is 2. The Balaban J connectivity index is 2.27. The molecule has 2 aliphatic heterocycles. The Kier molecular flexibility index (Phi) is 1.27. The number of hydrogen-bond acceptors (Lipinski definition) is 3. The number of nitrogens with zero attached hydrogens (tertiary/aromatic N) is 3. The molecule has 2 rings (SSSR count). The van der Waals surface area contributed by atoms with Crippen molar-refractivity contribution in [2.45, 2.75) is 6.42 Å². The van der Waals surface area contributed by atoms with Crippen LogP contribution in [-0.2, 0) is 0 Å². The predicted molar refractivity (Wildman–Crippen MR) is 41.3 cm³/mol. The molecule has 3 heteroatoms. The van der Waals surface area contributed by atoms with Crippen molar-refractivity contribution in [1.82, 2.24) is 4.90 Å². The summed E-state index contributed by atoms with van der Waals surface area (Å²) in [6, 6.07) is 0. The molecule has 0 aliphatic carbocycles. The predicted octanol–water partition coefficient (Wildman–Crippen LogP) is 0.646. The molecule has 0 spiro atoms. The van der Waals surface area contributed by atoms with E-state index >= 15 is 0 Å². The Morgan fingerprint density at radius 3 is 3.30 bits per heavy atom. The molecule has 0 unspecified atom stereocenters. The van der Waals surface area contributed by atoms with E-state index in [0.29, 0.717) is 0 Å². The molecule has 0 aromatic rings. The highest BCUT2D eigenvalue weighted by Gasteiger charge is 2.11. The molecule has 0 aromatic carbocycles. The normalized spacial score (nSPS) is 22.4. The van der Waals surface area contributed by atoms with Crippen molar-refractivity contribution in [2.75, 3.05) is 13.1 Å². The minimum atomic E-state index is 0.920. The van der Waals surface area contributed by atoms with E-state index in [1.165, 1.54) is 0 Å². The molecular formula is C7H9N3. The van der Waals surface area contributed by atoms with Crippen molar-refractivity contribution in [3.63, 3.8) is 0 Å². The van der Waals surface area contributed by atoms with Crippen LogP contribution in [-0.4, -0.2) is 30.4 Å². The first-order chi connectivity index (χ1) is 4.97. The van der Waals surface area contributed by atoms with Crippen LogP contribution in [0.3, 0.4) is 0 Å². The fourth-order valence-corrected chi connectivity index (χ4v) is 1.13. The van der Waals surface area contributed by atoms with Crippen LogP contribution < -0.4 is 0 Å². The molecule has 0 amide bonds. The highest BCUT2D eigenvalue weighted by Crippen LogP contribution is 2.12. The largest absolute Gasteiger partial charge is 0.350 e. The molecule has 0 bridgehead atoms. The van der Waals surface area contributed by atoms with E-state index < -0.39 is 0 Å². The van der Waals surface area contributed by atoms with Crippen molar-refractivity contribution in [3.8, 4) is 0 Å². The van der Waals surface area contributed by atoms with Gasteiger partial charge in [-0.25, -0.2) is 4.99 Å². The number of rotatable bonds is 0. The van der Waals surface area contributed by atoms with Gasteiger partial charge in [0.25, 0.3) is 0 Å². The molecule has 3 nitrogen and oxygen atoms in total. The van der Waals surface area contributed by atoms with E-state index in [1.54, 1.807) is 6.20 Å². The summed E-state index contributed by atoms with van der Waals surface area (Å²) in [5, 5.41) is 0. The number of hydrogen-bond donors (Lipinski definition) is 0. The van der Waals surface area contributed by atoms with E-state index in [4.69, 9.17) is 0 Å². The van der Waals surface area contributed by atoms with Gasteiger partial charge in [-0.2, -0.15) is 0 Å². The maximum atomic E-state index is 4.20. The van der Waals surface area contributed by atoms with Crippen molar-refractivity contribution < 1.29 is 0 Å². The first-order valence-corrected chi connectivity index (χ1v) is 3.46. The van der Waals surface area contributed by atoms with Crippen molar-refractivity contribution in [3.05, 3.63) is 12.0 Å². The third-order valence-corrected chi connectivity index (χ3v) is 1.67. The summed E-state index contributed by atoms with van der Waals surface area (Å²) in [4.78, 5) is 10.4. The summed E-state index contributed by atoms with van der Waals surface area (Å²) in [5.74, 6) is 1.01. The smallest absolute Gasteiger partial charge is 0.146 e. The molecule has 0 aromatic heterocycles. The molecule has 2 heterocycles. The van der Waals surface area contributed by atoms with Crippen LogP contribution in [0.5, 0.6) is 0 Å². The van der Waals surface area contributed by atoms with Gasteiger partial charge < -0.3 is 4.90 Å². The van der Waals surface area contributed by atoms with Crippen LogP contribution in [0, 0.1) is 0 Å². The number of fused-ring (bicyclic) bond motifs is 1. The molecule has 2 aliphatic rings. The van der Waals surface area contributed by atoms with Gasteiger partial charge in [0, 0.05) is 25.4 Å². The fraction of sp³-hybridized carbons (Fsp3) is 0.429. The molecular weight excluding hydrogens is 126 g/mol. The lowest BCUT2D eigenvalue weighted by Crippen LogP contribution is -2.29. The van der Waals surface area contributed by atoms with Crippen LogP contribution in [0.1, 0.15) is 6.42 Å². The second-order valence-corrected chi connectivity index (χ2v) is 2.37. The highest BCUT2D eigenvalue weighted by molar-refractivity contribution is 5.65. The zero-order valence-electron chi connectivity index (χ0n) is 5.70. The van der Waals surface area contributed by atoms with Gasteiger partial charge in [0.15, 0.2) is 0 Å². The summed E-state index contributed by atoms with van der Waals surface area (Å²) in [5.41, 5.74) is 0. The quantitative estimate of drug-likeness (QED) is 0.479. The molecule has 0 saturated carbocycles. The summed E-state index contributed by atoms with van der Waals surface area (Å²) in [6.45, 7) is 2.00. The summed E-state index contributed by atoms with van der Waals surface area (Å²) in [6.07, 6.45) is 6.72. The Labute approximate surface area is 59.8 Å². The molecule has 10 heavy (non-hydrogen) atoms. The Bertz CT molecular complexity index is 215. The average molecular weight is 135 g/mol. The lowest BCUT2D eigenvalue weighted by molar-refractivity contribution is 0.386. The average Bonchev–Trinajstić information content (AvgIpc) is 2.05. The monoisotopic (exact) mass is 135 g/mol. The Morgan fingerprint density at radius 2 is 2.40 bits per heavy atom. The van der Waals surface area contributed by atoms with Gasteiger partial charge in [0.05, 0.1) is 12.7 Å². The van der Waals surface area contributed by atoms with Gasteiger partial charge in [-0.15, -0.1) is 0 Å². The lowest BCUT2D eigenvalue weighted by atomic mass is 10.3. The third kappa shape index (κ3) is 0.835.